The van der Waals surface area contributed by atoms with E-state index in [0.717, 1.165) is 26.0 Å². The van der Waals surface area contributed by atoms with Crippen LogP contribution in [-0.4, -0.2) is 78.3 Å². The first-order valence-electron chi connectivity index (χ1n) is 9.50. The molecule has 3 fully saturated rings. The molecule has 0 radical (unpaired) electrons. The van der Waals surface area contributed by atoms with Gasteiger partial charge in [-0.3, -0.25) is 9.78 Å². The zero-order valence-electron chi connectivity index (χ0n) is 14.7. The van der Waals surface area contributed by atoms with Crippen LogP contribution in [-0.2, 0) is 9.47 Å². The van der Waals surface area contributed by atoms with Crippen LogP contribution in [0.1, 0.15) is 36.2 Å². The second-order valence-electron chi connectivity index (χ2n) is 7.15. The number of fused-ring (bicyclic) bond motifs is 1. The second-order valence-corrected chi connectivity index (χ2v) is 7.15. The summed E-state index contributed by atoms with van der Waals surface area (Å²) in [4.78, 5) is 21.4. The van der Waals surface area contributed by atoms with Crippen LogP contribution in [0.5, 0.6) is 0 Å². The minimum absolute atomic E-state index is 0.00000898. The Labute approximate surface area is 149 Å². The van der Waals surface area contributed by atoms with E-state index in [9.17, 15) is 4.79 Å². The Morgan fingerprint density at radius 2 is 2.12 bits per heavy atom. The molecule has 2 aliphatic heterocycles. The van der Waals surface area contributed by atoms with Gasteiger partial charge < -0.3 is 19.3 Å². The van der Waals surface area contributed by atoms with Crippen LogP contribution in [0.15, 0.2) is 24.4 Å². The first-order chi connectivity index (χ1) is 12.3. The molecule has 1 aliphatic carbocycles. The van der Waals surface area contributed by atoms with E-state index in [1.807, 2.05) is 17.0 Å². The lowest BCUT2D eigenvalue weighted by atomic mass is 10.1. The number of pyridine rings is 1. The number of carbonyl (C=O) groups is 1. The topological polar surface area (TPSA) is 54.9 Å². The second kappa shape index (κ2) is 7.81. The minimum atomic E-state index is -0.00000898. The van der Waals surface area contributed by atoms with Gasteiger partial charge in [-0.25, -0.2) is 0 Å². The van der Waals surface area contributed by atoms with Gasteiger partial charge in [0.05, 0.1) is 25.4 Å². The molecule has 3 atom stereocenters. The normalized spacial score (nSPS) is 29.8. The molecule has 0 aromatic carbocycles. The number of likely N-dealkylation sites (tertiary alicyclic amines) is 1. The fraction of sp³-hybridized carbons (Fsp3) is 0.684. The molecule has 136 valence electrons. The predicted octanol–water partition coefficient (Wildman–Crippen LogP) is 1.57. The molecule has 2 saturated heterocycles. The number of nitrogens with zero attached hydrogens (tertiary/aromatic N) is 3. The quantitative estimate of drug-likeness (QED) is 0.811. The molecule has 1 aromatic rings. The third kappa shape index (κ3) is 3.71. The van der Waals surface area contributed by atoms with Crippen molar-refractivity contribution < 1.29 is 14.3 Å². The van der Waals surface area contributed by atoms with Crippen molar-refractivity contribution in [2.45, 2.75) is 43.9 Å². The zero-order valence-corrected chi connectivity index (χ0v) is 14.7. The van der Waals surface area contributed by atoms with Crippen molar-refractivity contribution in [3.05, 3.63) is 30.1 Å². The van der Waals surface area contributed by atoms with Crippen LogP contribution < -0.4 is 0 Å². The molecule has 1 amide bonds. The van der Waals surface area contributed by atoms with Crippen LogP contribution in [0.3, 0.4) is 0 Å². The standard InChI is InChI=1S/C19H27N3O3/c23-19(15-5-1-2-8-20-15)22-12-14-25-18-16(22)6-7-17(18)24-13-11-21-9-3-4-10-21/h1-2,5,8,16-18H,3-4,6-7,9-14H2/t16-,17+,18+/m1/s1. The van der Waals surface area contributed by atoms with Crippen molar-refractivity contribution >= 4 is 5.91 Å². The van der Waals surface area contributed by atoms with E-state index in [1.54, 1.807) is 12.3 Å². The minimum Gasteiger partial charge on any atom is -0.374 e. The highest BCUT2D eigenvalue weighted by molar-refractivity contribution is 5.92. The largest absolute Gasteiger partial charge is 0.374 e. The predicted molar refractivity (Wildman–Crippen MR) is 93.4 cm³/mol. The number of morpholine rings is 1. The first-order valence-corrected chi connectivity index (χ1v) is 9.50. The van der Waals surface area contributed by atoms with Crippen LogP contribution >= 0.6 is 0 Å². The molecule has 25 heavy (non-hydrogen) atoms. The van der Waals surface area contributed by atoms with E-state index in [1.165, 1.54) is 25.9 Å². The maximum Gasteiger partial charge on any atom is 0.272 e. The molecular weight excluding hydrogens is 318 g/mol. The van der Waals surface area contributed by atoms with Crippen molar-refractivity contribution in [2.75, 3.05) is 39.4 Å². The monoisotopic (exact) mass is 345 g/mol. The summed E-state index contributed by atoms with van der Waals surface area (Å²) in [5.74, 6) is 0.0108. The Morgan fingerprint density at radius 1 is 1.24 bits per heavy atom. The van der Waals surface area contributed by atoms with Gasteiger partial charge in [-0.2, -0.15) is 0 Å². The Kier molecular flexibility index (Phi) is 5.29. The fourth-order valence-corrected chi connectivity index (χ4v) is 4.32. The van der Waals surface area contributed by atoms with Gasteiger partial charge in [-0.05, 0) is 50.9 Å². The smallest absolute Gasteiger partial charge is 0.272 e. The van der Waals surface area contributed by atoms with E-state index in [2.05, 4.69) is 9.88 Å². The molecule has 0 N–H and O–H groups in total. The average Bonchev–Trinajstić information content (AvgIpc) is 3.32. The van der Waals surface area contributed by atoms with Crippen LogP contribution in [0, 0.1) is 0 Å². The summed E-state index contributed by atoms with van der Waals surface area (Å²) in [6.45, 7) is 5.37. The lowest BCUT2D eigenvalue weighted by Crippen LogP contribution is -2.54. The number of amides is 1. The summed E-state index contributed by atoms with van der Waals surface area (Å²) in [5.41, 5.74) is 0.515. The number of hydrogen-bond acceptors (Lipinski definition) is 5. The third-order valence-electron chi connectivity index (χ3n) is 5.62. The number of carbonyl (C=O) groups excluding carboxylic acids is 1. The maximum absolute atomic E-state index is 12.8. The van der Waals surface area contributed by atoms with Crippen LogP contribution in [0.4, 0.5) is 0 Å². The van der Waals surface area contributed by atoms with Gasteiger partial charge >= 0.3 is 0 Å². The van der Waals surface area contributed by atoms with E-state index in [0.29, 0.717) is 18.8 Å². The number of hydrogen-bond donors (Lipinski definition) is 0. The number of aromatic nitrogens is 1. The average molecular weight is 345 g/mol. The molecule has 3 heterocycles. The molecule has 3 aliphatic rings. The molecule has 6 heteroatoms. The lowest BCUT2D eigenvalue weighted by molar-refractivity contribution is -0.106. The van der Waals surface area contributed by atoms with Crippen LogP contribution in [0.2, 0.25) is 0 Å². The summed E-state index contributed by atoms with van der Waals surface area (Å²) in [6.07, 6.45) is 6.29. The third-order valence-corrected chi connectivity index (χ3v) is 5.62. The van der Waals surface area contributed by atoms with Gasteiger partial charge in [-0.1, -0.05) is 6.07 Å². The van der Waals surface area contributed by atoms with E-state index < -0.39 is 0 Å². The van der Waals surface area contributed by atoms with E-state index in [-0.39, 0.29) is 24.2 Å². The van der Waals surface area contributed by atoms with Crippen molar-refractivity contribution in [3.8, 4) is 0 Å². The highest BCUT2D eigenvalue weighted by Crippen LogP contribution is 2.32. The fourth-order valence-electron chi connectivity index (χ4n) is 4.32. The number of ether oxygens (including phenoxy) is 2. The van der Waals surface area contributed by atoms with Gasteiger partial charge in [0, 0.05) is 19.3 Å². The van der Waals surface area contributed by atoms with Crippen molar-refractivity contribution in [2.24, 2.45) is 0 Å². The molecule has 6 nitrogen and oxygen atoms in total. The van der Waals surface area contributed by atoms with E-state index >= 15 is 0 Å². The van der Waals surface area contributed by atoms with Crippen LogP contribution in [0.25, 0.3) is 0 Å². The molecule has 1 saturated carbocycles. The molecule has 1 aromatic heterocycles. The Bertz CT molecular complexity index is 577. The maximum atomic E-state index is 12.8. The Hall–Kier alpha value is -1.50. The Balaban J connectivity index is 1.34. The zero-order chi connectivity index (χ0) is 17.1. The van der Waals surface area contributed by atoms with Gasteiger partial charge in [0.1, 0.15) is 11.8 Å². The summed E-state index contributed by atoms with van der Waals surface area (Å²) in [6, 6.07) is 5.58. The SMILES string of the molecule is O=C(c1ccccn1)N1CCO[C@@H]2[C@@H](OCCN3CCCC3)CC[C@H]21. The van der Waals surface area contributed by atoms with E-state index in [4.69, 9.17) is 9.47 Å². The lowest BCUT2D eigenvalue weighted by Gasteiger charge is -2.39. The highest BCUT2D eigenvalue weighted by atomic mass is 16.5. The molecular formula is C19H27N3O3. The van der Waals surface area contributed by atoms with Crippen molar-refractivity contribution in [1.29, 1.82) is 0 Å². The van der Waals surface area contributed by atoms with Crippen molar-refractivity contribution in [3.63, 3.8) is 0 Å². The molecule has 0 unspecified atom stereocenters. The van der Waals surface area contributed by atoms with Gasteiger partial charge in [0.25, 0.3) is 5.91 Å². The Morgan fingerprint density at radius 3 is 2.92 bits per heavy atom. The molecule has 0 bridgehead atoms. The molecule has 4 rings (SSSR count). The summed E-state index contributed by atoms with van der Waals surface area (Å²) in [7, 11) is 0. The van der Waals surface area contributed by atoms with Crippen molar-refractivity contribution in [1.82, 2.24) is 14.8 Å². The van der Waals surface area contributed by atoms with Gasteiger partial charge in [0.2, 0.25) is 0 Å². The summed E-state index contributed by atoms with van der Waals surface area (Å²) < 4.78 is 12.1. The summed E-state index contributed by atoms with van der Waals surface area (Å²) >= 11 is 0. The first kappa shape index (κ1) is 16.9. The van der Waals surface area contributed by atoms with Gasteiger partial charge in [-0.15, -0.1) is 0 Å². The number of rotatable bonds is 5. The summed E-state index contributed by atoms with van der Waals surface area (Å²) in [5, 5.41) is 0. The highest BCUT2D eigenvalue weighted by Gasteiger charge is 2.45. The van der Waals surface area contributed by atoms with Gasteiger partial charge in [0.15, 0.2) is 0 Å². The molecule has 0 spiro atoms.